The maximum absolute atomic E-state index is 14.4. The van der Waals surface area contributed by atoms with Gasteiger partial charge in [-0.1, -0.05) is 51.5 Å². The molecular weight excluding hydrogens is 566 g/mol. The van der Waals surface area contributed by atoms with Crippen LogP contribution in [0.25, 0.3) is 11.3 Å². The molecule has 230 valence electrons. The van der Waals surface area contributed by atoms with E-state index in [1.807, 2.05) is 32.0 Å². The number of ether oxygens (including phenoxy) is 2. The largest absolute Gasteiger partial charge is 0.475 e. The maximum Gasteiger partial charge on any atom is 0.268 e. The molecule has 2 aliphatic heterocycles. The number of benzene rings is 2. The van der Waals surface area contributed by atoms with Crippen molar-refractivity contribution in [1.29, 1.82) is 0 Å². The van der Waals surface area contributed by atoms with Crippen LogP contribution in [0.2, 0.25) is 0 Å². The molecule has 0 saturated carbocycles. The molecule has 2 aliphatic rings. The van der Waals surface area contributed by atoms with Crippen LogP contribution in [0.5, 0.6) is 5.88 Å². The van der Waals surface area contributed by atoms with E-state index in [0.717, 1.165) is 29.5 Å². The smallest absolute Gasteiger partial charge is 0.268 e. The fraction of sp³-hybridized carbons (Fsp3) is 0.469. The highest BCUT2D eigenvalue weighted by Crippen LogP contribution is 2.31. The van der Waals surface area contributed by atoms with Crippen LogP contribution in [0.1, 0.15) is 61.5 Å². The van der Waals surface area contributed by atoms with E-state index in [1.54, 1.807) is 23.2 Å². The quantitative estimate of drug-likeness (QED) is 0.371. The first-order valence-electron chi connectivity index (χ1n) is 15.0. The zero-order chi connectivity index (χ0) is 30.7. The van der Waals surface area contributed by atoms with Crippen LogP contribution in [-0.2, 0) is 14.8 Å². The number of fused-ring (bicyclic) bond motifs is 4. The molecule has 43 heavy (non-hydrogen) atoms. The first-order chi connectivity index (χ1) is 20.6. The lowest BCUT2D eigenvalue weighted by molar-refractivity contribution is -0.154. The first kappa shape index (κ1) is 30.9. The molecule has 3 aromatic rings. The van der Waals surface area contributed by atoms with Gasteiger partial charge in [-0.3, -0.25) is 9.80 Å². The third kappa shape index (κ3) is 6.84. The molecule has 4 bridgehead atoms. The number of nitrogens with one attached hydrogen (secondary N) is 1. The summed E-state index contributed by atoms with van der Waals surface area (Å²) >= 11 is 0. The van der Waals surface area contributed by atoms with Crippen molar-refractivity contribution in [2.24, 2.45) is 5.92 Å². The van der Waals surface area contributed by atoms with Gasteiger partial charge >= 0.3 is 0 Å². The normalized spacial score (nSPS) is 18.7. The number of aryl methyl sites for hydroxylation is 2. The fourth-order valence-electron chi connectivity index (χ4n) is 5.64. The van der Waals surface area contributed by atoms with Gasteiger partial charge < -0.3 is 9.47 Å². The van der Waals surface area contributed by atoms with E-state index in [-0.39, 0.29) is 52.8 Å². The lowest BCUT2D eigenvalue weighted by Crippen LogP contribution is -2.62. The van der Waals surface area contributed by atoms with Gasteiger partial charge in [0, 0.05) is 23.7 Å². The number of carbonyl (C=O) groups is 1. The van der Waals surface area contributed by atoms with Gasteiger partial charge in [0.1, 0.15) is 6.61 Å². The fourth-order valence-corrected chi connectivity index (χ4v) is 6.63. The summed E-state index contributed by atoms with van der Waals surface area (Å²) in [4.78, 5) is 23.4. The third-order valence-corrected chi connectivity index (χ3v) is 9.16. The Morgan fingerprint density at radius 3 is 2.42 bits per heavy atom. The van der Waals surface area contributed by atoms with Crippen molar-refractivity contribution < 1.29 is 22.7 Å². The number of hydrogen-bond donors (Lipinski definition) is 1. The van der Waals surface area contributed by atoms with Crippen LogP contribution in [0.4, 0.5) is 5.95 Å². The van der Waals surface area contributed by atoms with Gasteiger partial charge in [0.15, 0.2) is 0 Å². The monoisotopic (exact) mass is 607 g/mol. The van der Waals surface area contributed by atoms with Gasteiger partial charge in [-0.25, -0.2) is 23.1 Å². The van der Waals surface area contributed by atoms with Crippen molar-refractivity contribution in [1.82, 2.24) is 20.0 Å². The van der Waals surface area contributed by atoms with Gasteiger partial charge in [0.05, 0.1) is 35.9 Å². The summed E-state index contributed by atoms with van der Waals surface area (Å²) in [6.07, 6.45) is 2.52. The summed E-state index contributed by atoms with van der Waals surface area (Å²) < 4.78 is 41.7. The second-order valence-electron chi connectivity index (χ2n) is 11.8. The molecule has 1 aromatic heterocycles. The number of sulfonamides is 1. The molecule has 1 amide bonds. The van der Waals surface area contributed by atoms with Crippen molar-refractivity contribution in [3.05, 3.63) is 65.2 Å². The second-order valence-corrected chi connectivity index (χ2v) is 13.4. The molecule has 0 aliphatic carbocycles. The molecule has 5 rings (SSSR count). The van der Waals surface area contributed by atoms with Crippen molar-refractivity contribution >= 4 is 21.9 Å². The highest BCUT2D eigenvalue weighted by atomic mass is 32.2. The average molecular weight is 608 g/mol. The number of anilines is 1. The van der Waals surface area contributed by atoms with Crippen molar-refractivity contribution in [2.75, 3.05) is 31.1 Å². The second kappa shape index (κ2) is 13.0. The van der Waals surface area contributed by atoms with E-state index >= 15 is 0 Å². The molecule has 0 unspecified atom stereocenters. The minimum absolute atomic E-state index is 0.0377. The number of aromatic nitrogens is 2. The molecule has 1 saturated heterocycles. The van der Waals surface area contributed by atoms with Crippen LogP contribution in [0.15, 0.2) is 53.4 Å². The number of amides is 1. The summed E-state index contributed by atoms with van der Waals surface area (Å²) in [5.41, 5.74) is 3.70. The Balaban J connectivity index is 1.68. The number of rotatable bonds is 8. The molecule has 1 N–H and O–H groups in total. The number of nitrogens with zero attached hydrogens (tertiary/aromatic N) is 4. The lowest BCUT2D eigenvalue weighted by Gasteiger charge is -2.47. The predicted octanol–water partition coefficient (Wildman–Crippen LogP) is 5.23. The summed E-state index contributed by atoms with van der Waals surface area (Å²) in [6, 6.07) is 13.5. The van der Waals surface area contributed by atoms with Crippen molar-refractivity contribution in [3.63, 3.8) is 0 Å². The zero-order valence-electron chi connectivity index (χ0n) is 25.5. The maximum atomic E-state index is 14.4. The molecule has 1 atom stereocenters. The number of hydrogen-bond acceptors (Lipinski definition) is 8. The number of hydrazine groups is 1. The van der Waals surface area contributed by atoms with Crippen molar-refractivity contribution in [2.45, 2.75) is 70.9 Å². The van der Waals surface area contributed by atoms with E-state index in [9.17, 15) is 13.2 Å². The standard InChI is InChI=1S/C32H41N5O5S/c1-6-7-14-36(26-18-41-19-26)37-25(15-21(2)3)20-42-29-17-28(30-22(4)10-8-11-23(30)5)33-32(34-29)35-43(39,40)27-13-9-12-24(16-27)31(37)38/h8-13,16-17,21,25-26H,6-7,14-15,18-20H2,1-5H3,(H,33,34,35)/t25-/m1/s1. The van der Waals surface area contributed by atoms with Crippen LogP contribution >= 0.6 is 0 Å². The Kier molecular flexibility index (Phi) is 9.33. The van der Waals surface area contributed by atoms with Gasteiger partial charge in [-0.05, 0) is 61.9 Å². The summed E-state index contributed by atoms with van der Waals surface area (Å²) in [6.45, 7) is 12.2. The van der Waals surface area contributed by atoms with E-state index in [4.69, 9.17) is 9.47 Å². The minimum atomic E-state index is -4.13. The topological polar surface area (TPSA) is 114 Å². The van der Waals surface area contributed by atoms with Gasteiger partial charge in [0.2, 0.25) is 11.8 Å². The van der Waals surface area contributed by atoms with Crippen LogP contribution in [0, 0.1) is 19.8 Å². The summed E-state index contributed by atoms with van der Waals surface area (Å²) in [7, 11) is -4.13. The molecule has 0 spiro atoms. The molecule has 10 nitrogen and oxygen atoms in total. The Hall–Kier alpha value is -3.54. The molecule has 3 heterocycles. The Bertz CT molecular complexity index is 1550. The van der Waals surface area contributed by atoms with Crippen LogP contribution in [0.3, 0.4) is 0 Å². The Morgan fingerprint density at radius 2 is 1.77 bits per heavy atom. The summed E-state index contributed by atoms with van der Waals surface area (Å²) in [5, 5.41) is 3.91. The predicted molar refractivity (Wildman–Crippen MR) is 165 cm³/mol. The Labute approximate surface area is 254 Å². The van der Waals surface area contributed by atoms with Crippen LogP contribution in [-0.4, -0.2) is 72.8 Å². The van der Waals surface area contributed by atoms with Gasteiger partial charge in [0.25, 0.3) is 15.9 Å². The molecule has 11 heteroatoms. The van der Waals surface area contributed by atoms with E-state index < -0.39 is 10.0 Å². The average Bonchev–Trinajstić information content (AvgIpc) is 2.92. The molecule has 2 aromatic carbocycles. The third-order valence-electron chi connectivity index (χ3n) is 7.84. The highest BCUT2D eigenvalue weighted by molar-refractivity contribution is 7.92. The van der Waals surface area contributed by atoms with Crippen molar-refractivity contribution in [3.8, 4) is 17.1 Å². The number of carbonyl (C=O) groups excluding carboxylic acids is 1. The number of unbranched alkanes of at least 4 members (excludes halogenated alkanes) is 1. The SMILES string of the molecule is CCCCN(C1COC1)N1C(=O)c2cccc(c2)S(=O)(=O)Nc2nc(cc(-c3c(C)cccc3C)n2)OC[C@H]1CC(C)C. The summed E-state index contributed by atoms with van der Waals surface area (Å²) in [5.74, 6) is 0.108. The van der Waals surface area contributed by atoms with Gasteiger partial charge in [-0.15, -0.1) is 0 Å². The Morgan fingerprint density at radius 1 is 1.05 bits per heavy atom. The molecule has 0 radical (unpaired) electrons. The highest BCUT2D eigenvalue weighted by Gasteiger charge is 2.38. The zero-order valence-corrected chi connectivity index (χ0v) is 26.4. The van der Waals surface area contributed by atoms with Crippen LogP contribution < -0.4 is 9.46 Å². The van der Waals surface area contributed by atoms with E-state index in [0.29, 0.717) is 31.9 Å². The minimum Gasteiger partial charge on any atom is -0.475 e. The van der Waals surface area contributed by atoms with E-state index in [1.165, 1.54) is 12.1 Å². The molecule has 1 fully saturated rings. The van der Waals surface area contributed by atoms with E-state index in [2.05, 4.69) is 40.5 Å². The van der Waals surface area contributed by atoms with Gasteiger partial charge in [-0.2, -0.15) is 4.98 Å². The first-order valence-corrected chi connectivity index (χ1v) is 16.4. The lowest BCUT2D eigenvalue weighted by atomic mass is 10.00. The molecular formula is C32H41N5O5S.